The number of methoxy groups -OCH3 is 1. The average molecular weight is 353 g/mol. The number of amides is 3. The molecular formula is C19H19N3O4. The fraction of sp³-hybridized carbons (Fsp3) is 0.263. The molecule has 7 heteroatoms. The van der Waals surface area contributed by atoms with Crippen molar-refractivity contribution in [2.24, 2.45) is 4.99 Å². The van der Waals surface area contributed by atoms with E-state index in [1.165, 1.54) is 18.2 Å². The number of aliphatic imine (C=N–C) groups is 1. The van der Waals surface area contributed by atoms with E-state index in [0.29, 0.717) is 34.6 Å². The summed E-state index contributed by atoms with van der Waals surface area (Å²) in [6.07, 6.45) is 3.50. The summed E-state index contributed by atoms with van der Waals surface area (Å²) in [5, 5.41) is 2.29. The number of hydrogen-bond donors (Lipinski definition) is 1. The summed E-state index contributed by atoms with van der Waals surface area (Å²) in [5.41, 5.74) is 2.41. The highest BCUT2D eigenvalue weighted by molar-refractivity contribution is 6.12. The molecule has 1 atom stereocenters. The van der Waals surface area contributed by atoms with Crippen molar-refractivity contribution < 1.29 is 19.1 Å². The summed E-state index contributed by atoms with van der Waals surface area (Å²) < 4.78 is 5.45. The predicted molar refractivity (Wildman–Crippen MR) is 96.0 cm³/mol. The van der Waals surface area contributed by atoms with Crippen LogP contribution in [0.5, 0.6) is 5.75 Å². The molecule has 2 aliphatic rings. The van der Waals surface area contributed by atoms with Crippen LogP contribution in [0.25, 0.3) is 0 Å². The molecule has 1 unspecified atom stereocenters. The maximum atomic E-state index is 12.9. The molecule has 0 spiro atoms. The standard InChI is InChI=1S/C19H19N3O4/c1-4-14(20-5-2)11-8-12-13(16(9-11)26-3)10-22(19(12)25)15-6-7-17(23)21-18(15)24/h4-5,8-9,15H,1-2,6-7,10H2,3H3,(H,21,23,24). The van der Waals surface area contributed by atoms with Gasteiger partial charge in [-0.3, -0.25) is 24.7 Å². The molecule has 3 amide bonds. The lowest BCUT2D eigenvalue weighted by Gasteiger charge is -2.29. The van der Waals surface area contributed by atoms with Crippen molar-refractivity contribution in [2.75, 3.05) is 7.11 Å². The van der Waals surface area contributed by atoms with Gasteiger partial charge in [-0.05, 0) is 24.6 Å². The van der Waals surface area contributed by atoms with Crippen molar-refractivity contribution in [3.63, 3.8) is 0 Å². The Kier molecular flexibility index (Phi) is 4.71. The van der Waals surface area contributed by atoms with E-state index in [0.717, 1.165) is 0 Å². The van der Waals surface area contributed by atoms with Crippen LogP contribution in [-0.4, -0.2) is 41.5 Å². The molecule has 134 valence electrons. The zero-order valence-corrected chi connectivity index (χ0v) is 14.4. The first kappa shape index (κ1) is 17.6. The number of carbonyl (C=O) groups excluding carboxylic acids is 3. The van der Waals surface area contributed by atoms with Gasteiger partial charge in [0.05, 0.1) is 19.4 Å². The molecule has 1 saturated heterocycles. The minimum Gasteiger partial charge on any atom is -0.496 e. The molecule has 0 aliphatic carbocycles. The van der Waals surface area contributed by atoms with Crippen LogP contribution < -0.4 is 10.1 Å². The molecule has 3 rings (SSSR count). The fourth-order valence-electron chi connectivity index (χ4n) is 3.30. The Morgan fingerprint density at radius 1 is 1.35 bits per heavy atom. The second kappa shape index (κ2) is 6.95. The molecule has 0 aromatic heterocycles. The molecule has 0 bridgehead atoms. The molecule has 2 heterocycles. The van der Waals surface area contributed by atoms with Gasteiger partial charge in [0, 0.05) is 29.3 Å². The molecule has 1 fully saturated rings. The van der Waals surface area contributed by atoms with Gasteiger partial charge < -0.3 is 9.64 Å². The van der Waals surface area contributed by atoms with Crippen LogP contribution in [-0.2, 0) is 16.1 Å². The zero-order valence-electron chi connectivity index (χ0n) is 14.4. The minimum atomic E-state index is -0.665. The van der Waals surface area contributed by atoms with Crippen LogP contribution in [0.1, 0.15) is 34.3 Å². The van der Waals surface area contributed by atoms with Gasteiger partial charge in [0.15, 0.2) is 0 Å². The molecule has 0 radical (unpaired) electrons. The maximum absolute atomic E-state index is 12.9. The van der Waals surface area contributed by atoms with Crippen LogP contribution >= 0.6 is 0 Å². The summed E-state index contributed by atoms with van der Waals surface area (Å²) in [5.74, 6) is -0.482. The number of hydrogen-bond acceptors (Lipinski definition) is 5. The van der Waals surface area contributed by atoms with Crippen LogP contribution in [0.3, 0.4) is 0 Å². The number of benzene rings is 1. The lowest BCUT2D eigenvalue weighted by Crippen LogP contribution is -2.52. The number of fused-ring (bicyclic) bond motifs is 1. The Morgan fingerprint density at radius 3 is 2.73 bits per heavy atom. The number of ether oxygens (including phenoxy) is 1. The molecule has 0 saturated carbocycles. The van der Waals surface area contributed by atoms with Crippen molar-refractivity contribution in [1.82, 2.24) is 10.2 Å². The summed E-state index contributed by atoms with van der Waals surface area (Å²) in [4.78, 5) is 42.1. The number of rotatable bonds is 5. The number of nitrogens with one attached hydrogen (secondary N) is 1. The van der Waals surface area contributed by atoms with Crippen molar-refractivity contribution in [3.05, 3.63) is 54.3 Å². The quantitative estimate of drug-likeness (QED) is 0.643. The average Bonchev–Trinajstić information content (AvgIpc) is 2.95. The van der Waals surface area contributed by atoms with Gasteiger partial charge in [0.1, 0.15) is 11.8 Å². The van der Waals surface area contributed by atoms with Gasteiger partial charge in [-0.1, -0.05) is 13.2 Å². The third-order valence-electron chi connectivity index (χ3n) is 4.55. The van der Waals surface area contributed by atoms with Crippen molar-refractivity contribution in [3.8, 4) is 5.75 Å². The van der Waals surface area contributed by atoms with E-state index in [4.69, 9.17) is 4.74 Å². The van der Waals surface area contributed by atoms with E-state index in [1.807, 2.05) is 0 Å². The SMILES string of the molecule is C=CN=C(C=C)c1cc(OC)c2c(c1)C(=O)N(C1CCC(=O)NC1=O)C2. The first-order chi connectivity index (χ1) is 12.5. The smallest absolute Gasteiger partial charge is 0.255 e. The van der Waals surface area contributed by atoms with E-state index in [2.05, 4.69) is 23.5 Å². The highest BCUT2D eigenvalue weighted by Crippen LogP contribution is 2.35. The van der Waals surface area contributed by atoms with E-state index in [-0.39, 0.29) is 24.8 Å². The number of imide groups is 1. The fourth-order valence-corrected chi connectivity index (χ4v) is 3.30. The van der Waals surface area contributed by atoms with Crippen LogP contribution in [0.4, 0.5) is 0 Å². The van der Waals surface area contributed by atoms with Gasteiger partial charge in [-0.15, -0.1) is 0 Å². The van der Waals surface area contributed by atoms with Gasteiger partial charge in [0.2, 0.25) is 11.8 Å². The van der Waals surface area contributed by atoms with Gasteiger partial charge in [-0.2, -0.15) is 0 Å². The highest BCUT2D eigenvalue weighted by atomic mass is 16.5. The van der Waals surface area contributed by atoms with Crippen molar-refractivity contribution in [2.45, 2.75) is 25.4 Å². The summed E-state index contributed by atoms with van der Waals surface area (Å²) in [6, 6.07) is 2.83. The molecule has 1 N–H and O–H groups in total. The van der Waals surface area contributed by atoms with Gasteiger partial charge in [-0.25, -0.2) is 0 Å². The van der Waals surface area contributed by atoms with E-state index in [1.54, 1.807) is 18.2 Å². The monoisotopic (exact) mass is 353 g/mol. The Balaban J connectivity index is 2.00. The molecule has 26 heavy (non-hydrogen) atoms. The van der Waals surface area contributed by atoms with Crippen molar-refractivity contribution >= 4 is 23.4 Å². The molecule has 2 aliphatic heterocycles. The topological polar surface area (TPSA) is 88.1 Å². The van der Waals surface area contributed by atoms with Gasteiger partial charge in [0.25, 0.3) is 5.91 Å². The predicted octanol–water partition coefficient (Wildman–Crippen LogP) is 1.57. The third kappa shape index (κ3) is 2.92. The second-order valence-electron chi connectivity index (χ2n) is 6.01. The summed E-state index contributed by atoms with van der Waals surface area (Å²) in [7, 11) is 1.52. The van der Waals surface area contributed by atoms with E-state index in [9.17, 15) is 14.4 Å². The highest BCUT2D eigenvalue weighted by Gasteiger charge is 2.40. The lowest BCUT2D eigenvalue weighted by atomic mass is 10.0. The second-order valence-corrected chi connectivity index (χ2v) is 6.01. The van der Waals surface area contributed by atoms with Crippen LogP contribution in [0, 0.1) is 0 Å². The van der Waals surface area contributed by atoms with Crippen LogP contribution in [0.15, 0.2) is 42.6 Å². The summed E-state index contributed by atoms with van der Waals surface area (Å²) >= 11 is 0. The Hall–Kier alpha value is -3.22. The first-order valence-corrected chi connectivity index (χ1v) is 8.17. The van der Waals surface area contributed by atoms with Crippen LogP contribution in [0.2, 0.25) is 0 Å². The number of carbonyl (C=O) groups is 3. The lowest BCUT2D eigenvalue weighted by molar-refractivity contribution is -0.136. The largest absolute Gasteiger partial charge is 0.496 e. The van der Waals surface area contributed by atoms with Crippen molar-refractivity contribution in [1.29, 1.82) is 0 Å². The third-order valence-corrected chi connectivity index (χ3v) is 4.55. The van der Waals surface area contributed by atoms with Gasteiger partial charge >= 0.3 is 0 Å². The molecule has 1 aromatic rings. The number of allylic oxidation sites excluding steroid dienone is 1. The molecule has 1 aromatic carbocycles. The first-order valence-electron chi connectivity index (χ1n) is 8.17. The number of piperidine rings is 1. The minimum absolute atomic E-state index is 0.214. The van der Waals surface area contributed by atoms with E-state index < -0.39 is 11.9 Å². The maximum Gasteiger partial charge on any atom is 0.255 e. The normalized spacial score (nSPS) is 19.9. The molecule has 7 nitrogen and oxygen atoms in total. The zero-order chi connectivity index (χ0) is 18.8. The number of nitrogens with zero attached hydrogens (tertiary/aromatic N) is 2. The Bertz CT molecular complexity index is 857. The molecular weight excluding hydrogens is 334 g/mol. The van der Waals surface area contributed by atoms with E-state index >= 15 is 0 Å². The Morgan fingerprint density at radius 2 is 2.12 bits per heavy atom. The summed E-state index contributed by atoms with van der Waals surface area (Å²) in [6.45, 7) is 7.56. The Labute approximate surface area is 151 Å².